The molecule has 0 radical (unpaired) electrons. The van der Waals surface area contributed by atoms with Crippen LogP contribution in [0.5, 0.6) is 11.5 Å². The molecule has 0 aliphatic heterocycles. The number of nitrogens with zero attached hydrogens (tertiary/aromatic N) is 2. The van der Waals surface area contributed by atoms with E-state index in [4.69, 9.17) is 20.9 Å². The van der Waals surface area contributed by atoms with Gasteiger partial charge in [-0.1, -0.05) is 48.5 Å². The molecule has 41 heavy (non-hydrogen) atoms. The number of benzene rings is 3. The Kier molecular flexibility index (Phi) is 8.88. The molecule has 11 heteroatoms. The van der Waals surface area contributed by atoms with Crippen molar-refractivity contribution in [2.75, 3.05) is 24.9 Å². The Bertz CT molecular complexity index is 1590. The predicted molar refractivity (Wildman–Crippen MR) is 158 cm³/mol. The minimum atomic E-state index is -1.18. The summed E-state index contributed by atoms with van der Waals surface area (Å²) in [6, 6.07) is 18.7. The van der Waals surface area contributed by atoms with E-state index in [0.717, 1.165) is 28.2 Å². The number of nitrogens with two attached hydrogens (primary N) is 2. The maximum atomic E-state index is 14.4. The molecule has 212 valence electrons. The molecule has 0 aliphatic rings. The smallest absolute Gasteiger partial charge is 0.273 e. The van der Waals surface area contributed by atoms with E-state index < -0.39 is 23.8 Å². The van der Waals surface area contributed by atoms with Crippen molar-refractivity contribution in [3.63, 3.8) is 0 Å². The monoisotopic (exact) mass is 573 g/mol. The van der Waals surface area contributed by atoms with Gasteiger partial charge in [-0.15, -0.1) is 0 Å². The van der Waals surface area contributed by atoms with E-state index in [0.29, 0.717) is 22.7 Å². The van der Waals surface area contributed by atoms with Crippen LogP contribution in [0, 0.1) is 13.8 Å². The largest absolute Gasteiger partial charge is 0.493 e. The fourth-order valence-electron chi connectivity index (χ4n) is 4.42. The number of nitrogens with one attached hydrogen (secondary N) is 1. The first-order chi connectivity index (χ1) is 19.7. The summed E-state index contributed by atoms with van der Waals surface area (Å²) in [5.41, 5.74) is 14.8. The molecule has 4 rings (SSSR count). The fraction of sp³-hybridized carbons (Fsp3) is 0.200. The minimum Gasteiger partial charge on any atom is -0.493 e. The number of primary amides is 1. The molecule has 1 atom stereocenters. The topological polar surface area (TPSA) is 150 Å². The Balaban J connectivity index is 1.92. The zero-order valence-electron chi connectivity index (χ0n) is 23.1. The number of anilines is 2. The first-order valence-electron chi connectivity index (χ1n) is 12.7. The molecule has 5 N–H and O–H groups in total. The first kappa shape index (κ1) is 29.1. The molecule has 10 nitrogen and oxygen atoms in total. The molecule has 0 bridgehead atoms. The number of ether oxygens (including phenoxy) is 2. The number of aryl methyl sites for hydroxylation is 1. The summed E-state index contributed by atoms with van der Waals surface area (Å²) in [5.74, 6) is -1.08. The van der Waals surface area contributed by atoms with Crippen molar-refractivity contribution in [3.8, 4) is 11.5 Å². The Morgan fingerprint density at radius 2 is 1.68 bits per heavy atom. The minimum absolute atomic E-state index is 0.0129. The van der Waals surface area contributed by atoms with E-state index in [1.54, 1.807) is 30.3 Å². The standard InChI is InChI=1S/C30H31N5O5S/c1-17-9-8-12-21(18(17)2)35(30(38)27-24(31)25(28(32)36)34-41-27)26(20-13-14-22(39-3)23(15-20)40-4)29(37)33-16-19-10-6-5-7-11-19/h5-15,26H,16,31H2,1-4H3,(H2,32,36)(H,33,37)/t26-/m0/s1. The Morgan fingerprint density at radius 3 is 2.32 bits per heavy atom. The molecule has 3 amide bonds. The molecule has 0 aliphatic carbocycles. The highest BCUT2D eigenvalue weighted by atomic mass is 32.1. The van der Waals surface area contributed by atoms with Gasteiger partial charge < -0.3 is 26.3 Å². The second-order valence-electron chi connectivity index (χ2n) is 9.25. The number of carbonyl (C=O) groups is 3. The van der Waals surface area contributed by atoms with Crippen LogP contribution in [-0.4, -0.2) is 36.3 Å². The van der Waals surface area contributed by atoms with Crippen LogP contribution in [0.4, 0.5) is 11.4 Å². The summed E-state index contributed by atoms with van der Waals surface area (Å²) in [4.78, 5) is 41.7. The Labute approximate surface area is 242 Å². The average Bonchev–Trinajstić information content (AvgIpc) is 3.37. The molecule has 3 aromatic carbocycles. The maximum Gasteiger partial charge on any atom is 0.273 e. The van der Waals surface area contributed by atoms with Crippen molar-refractivity contribution < 1.29 is 23.9 Å². The van der Waals surface area contributed by atoms with Crippen LogP contribution in [-0.2, 0) is 11.3 Å². The van der Waals surface area contributed by atoms with Crippen molar-refractivity contribution in [2.24, 2.45) is 5.73 Å². The molecule has 1 heterocycles. The highest BCUT2D eigenvalue weighted by Crippen LogP contribution is 2.38. The normalized spacial score (nSPS) is 11.4. The van der Waals surface area contributed by atoms with Crippen molar-refractivity contribution in [3.05, 3.63) is 99.6 Å². The van der Waals surface area contributed by atoms with Gasteiger partial charge in [-0.3, -0.25) is 19.3 Å². The van der Waals surface area contributed by atoms with E-state index in [-0.39, 0.29) is 22.8 Å². The van der Waals surface area contributed by atoms with Crippen LogP contribution < -0.4 is 31.2 Å². The van der Waals surface area contributed by atoms with Crippen LogP contribution in [0.1, 0.15) is 48.5 Å². The second-order valence-corrected chi connectivity index (χ2v) is 10.0. The number of nitrogen functional groups attached to an aromatic ring is 1. The fourth-order valence-corrected chi connectivity index (χ4v) is 5.17. The van der Waals surface area contributed by atoms with Crippen LogP contribution in [0.25, 0.3) is 0 Å². The predicted octanol–water partition coefficient (Wildman–Crippen LogP) is 4.16. The van der Waals surface area contributed by atoms with Crippen molar-refractivity contribution in [1.29, 1.82) is 0 Å². The van der Waals surface area contributed by atoms with E-state index in [1.165, 1.54) is 19.1 Å². The SMILES string of the molecule is COc1ccc([C@@H](C(=O)NCc2ccccc2)N(C(=O)c2snc(C(N)=O)c2N)c2cccc(C)c2C)cc1OC. The lowest BCUT2D eigenvalue weighted by Gasteiger charge is -2.33. The van der Waals surface area contributed by atoms with Crippen molar-refractivity contribution in [1.82, 2.24) is 9.69 Å². The van der Waals surface area contributed by atoms with E-state index in [2.05, 4.69) is 9.69 Å². The van der Waals surface area contributed by atoms with Gasteiger partial charge >= 0.3 is 0 Å². The third-order valence-electron chi connectivity index (χ3n) is 6.75. The van der Waals surface area contributed by atoms with Crippen LogP contribution in [0.15, 0.2) is 66.7 Å². The van der Waals surface area contributed by atoms with Gasteiger partial charge in [-0.05, 0) is 65.8 Å². The van der Waals surface area contributed by atoms with Gasteiger partial charge in [0, 0.05) is 12.2 Å². The van der Waals surface area contributed by atoms with Gasteiger partial charge in [-0.25, -0.2) is 0 Å². The Hall–Kier alpha value is -4.90. The van der Waals surface area contributed by atoms with Crippen LogP contribution >= 0.6 is 11.5 Å². The lowest BCUT2D eigenvalue weighted by atomic mass is 9.99. The molecule has 1 aromatic heterocycles. The summed E-state index contributed by atoms with van der Waals surface area (Å²) in [6.45, 7) is 4.00. The zero-order chi connectivity index (χ0) is 29.7. The van der Waals surface area contributed by atoms with Crippen LogP contribution in [0.2, 0.25) is 0 Å². The molecule has 0 fully saturated rings. The molecular weight excluding hydrogens is 542 g/mol. The Morgan fingerprint density at radius 1 is 0.976 bits per heavy atom. The van der Waals surface area contributed by atoms with Gasteiger partial charge in [0.25, 0.3) is 11.8 Å². The highest BCUT2D eigenvalue weighted by molar-refractivity contribution is 7.09. The summed E-state index contributed by atoms with van der Waals surface area (Å²) in [7, 11) is 3.00. The van der Waals surface area contributed by atoms with E-state index in [1.807, 2.05) is 50.2 Å². The van der Waals surface area contributed by atoms with Crippen molar-refractivity contribution in [2.45, 2.75) is 26.4 Å². The number of aromatic nitrogens is 1. The number of hydrogen-bond acceptors (Lipinski definition) is 8. The molecule has 0 saturated heterocycles. The lowest BCUT2D eigenvalue weighted by molar-refractivity contribution is -0.122. The van der Waals surface area contributed by atoms with Gasteiger partial charge in [0.1, 0.15) is 10.9 Å². The molecule has 0 saturated carbocycles. The third-order valence-corrected chi connectivity index (χ3v) is 7.60. The number of amides is 3. The van der Waals surface area contributed by atoms with E-state index >= 15 is 0 Å². The summed E-state index contributed by atoms with van der Waals surface area (Å²) < 4.78 is 14.9. The number of hydrogen-bond donors (Lipinski definition) is 3. The molecule has 4 aromatic rings. The number of methoxy groups -OCH3 is 2. The molecular formula is C30H31N5O5S. The highest BCUT2D eigenvalue weighted by Gasteiger charge is 2.37. The lowest BCUT2D eigenvalue weighted by Crippen LogP contribution is -2.44. The molecule has 0 spiro atoms. The molecule has 0 unspecified atom stereocenters. The number of rotatable bonds is 10. The van der Waals surface area contributed by atoms with Crippen molar-refractivity contribution >= 4 is 40.6 Å². The van der Waals surface area contributed by atoms with Gasteiger partial charge in [-0.2, -0.15) is 4.37 Å². The summed E-state index contributed by atoms with van der Waals surface area (Å²) in [6.07, 6.45) is 0. The maximum absolute atomic E-state index is 14.4. The third kappa shape index (κ3) is 5.99. The quantitative estimate of drug-likeness (QED) is 0.258. The van der Waals surface area contributed by atoms with Gasteiger partial charge in [0.15, 0.2) is 17.2 Å². The van der Waals surface area contributed by atoms with Crippen LogP contribution in [0.3, 0.4) is 0 Å². The van der Waals surface area contributed by atoms with Gasteiger partial charge in [0.2, 0.25) is 5.91 Å². The van der Waals surface area contributed by atoms with E-state index in [9.17, 15) is 14.4 Å². The zero-order valence-corrected chi connectivity index (χ0v) is 24.0. The first-order valence-corrected chi connectivity index (χ1v) is 13.4. The summed E-state index contributed by atoms with van der Waals surface area (Å²) >= 11 is 0.750. The van der Waals surface area contributed by atoms with Gasteiger partial charge in [0.05, 0.1) is 19.9 Å². The second kappa shape index (κ2) is 12.5. The number of carbonyl (C=O) groups excluding carboxylic acids is 3. The summed E-state index contributed by atoms with van der Waals surface area (Å²) in [5, 5.41) is 2.97. The average molecular weight is 574 g/mol.